The van der Waals surface area contributed by atoms with Gasteiger partial charge in [0.2, 0.25) is 0 Å². The second-order valence-corrected chi connectivity index (χ2v) is 10.9. The van der Waals surface area contributed by atoms with E-state index in [1.165, 1.54) is 57.8 Å². The summed E-state index contributed by atoms with van der Waals surface area (Å²) >= 11 is 7.91. The first-order chi connectivity index (χ1) is 13.2. The Labute approximate surface area is 171 Å². The third kappa shape index (κ3) is 3.76. The van der Waals surface area contributed by atoms with E-state index < -0.39 is 0 Å². The van der Waals surface area contributed by atoms with Crippen LogP contribution in [0.5, 0.6) is 0 Å². The van der Waals surface area contributed by atoms with Crippen molar-refractivity contribution in [3.8, 4) is 0 Å². The Kier molecular flexibility index (Phi) is 5.14. The van der Waals surface area contributed by atoms with E-state index in [2.05, 4.69) is 10.3 Å². The van der Waals surface area contributed by atoms with E-state index >= 15 is 0 Å². The summed E-state index contributed by atoms with van der Waals surface area (Å²) in [6, 6.07) is 3.97. The van der Waals surface area contributed by atoms with Crippen LogP contribution in [0.25, 0.3) is 0 Å². The quantitative estimate of drug-likeness (QED) is 0.653. The molecule has 4 aliphatic rings. The summed E-state index contributed by atoms with van der Waals surface area (Å²) < 4.78 is 0. The number of nitrogens with one attached hydrogen (secondary N) is 1. The molecule has 1 amide bonds. The second kappa shape index (κ2) is 7.59. The summed E-state index contributed by atoms with van der Waals surface area (Å²) in [6.07, 6.45) is 13.0. The Bertz CT molecular complexity index is 720. The van der Waals surface area contributed by atoms with Crippen LogP contribution in [0, 0.1) is 23.7 Å². The predicted molar refractivity (Wildman–Crippen MR) is 110 cm³/mol. The minimum Gasteiger partial charge on any atom is -0.349 e. The molecule has 0 aromatic carbocycles. The van der Waals surface area contributed by atoms with Gasteiger partial charge in [0.05, 0.1) is 5.56 Å². The molecule has 5 atom stereocenters. The number of thioether (sulfide) groups is 1. The minimum atomic E-state index is 0.0577. The van der Waals surface area contributed by atoms with Crippen LogP contribution in [0.15, 0.2) is 17.2 Å². The number of carbonyl (C=O) groups excluding carboxylic acids is 1. The van der Waals surface area contributed by atoms with Crippen molar-refractivity contribution in [1.29, 1.82) is 0 Å². The normalized spacial score (nSPS) is 35.4. The van der Waals surface area contributed by atoms with Gasteiger partial charge in [-0.05, 0) is 87.2 Å². The molecule has 1 heterocycles. The molecule has 5 heteroatoms. The number of halogens is 1. The molecule has 4 saturated carbocycles. The van der Waals surface area contributed by atoms with Crippen molar-refractivity contribution >= 4 is 29.3 Å². The van der Waals surface area contributed by atoms with Crippen LogP contribution < -0.4 is 5.32 Å². The molecule has 1 N–H and O–H groups in total. The van der Waals surface area contributed by atoms with Gasteiger partial charge >= 0.3 is 0 Å². The number of hydrogen-bond acceptors (Lipinski definition) is 3. The highest BCUT2D eigenvalue weighted by molar-refractivity contribution is 7.99. The average molecular weight is 405 g/mol. The molecular weight excluding hydrogens is 376 g/mol. The van der Waals surface area contributed by atoms with Crippen molar-refractivity contribution in [2.45, 2.75) is 80.5 Å². The Morgan fingerprint density at radius 1 is 1.00 bits per heavy atom. The third-order valence-electron chi connectivity index (χ3n) is 7.57. The zero-order valence-corrected chi connectivity index (χ0v) is 17.4. The van der Waals surface area contributed by atoms with Crippen molar-refractivity contribution in [3.63, 3.8) is 0 Å². The van der Waals surface area contributed by atoms with Crippen LogP contribution >= 0.6 is 23.4 Å². The highest BCUT2D eigenvalue weighted by atomic mass is 35.5. The van der Waals surface area contributed by atoms with Crippen molar-refractivity contribution in [2.75, 3.05) is 0 Å². The van der Waals surface area contributed by atoms with Gasteiger partial charge in [0.1, 0.15) is 10.2 Å². The van der Waals surface area contributed by atoms with Crippen molar-refractivity contribution in [3.05, 3.63) is 22.8 Å². The number of pyridine rings is 1. The topological polar surface area (TPSA) is 42.0 Å². The summed E-state index contributed by atoms with van der Waals surface area (Å²) in [5, 5.41) is 5.30. The average Bonchev–Trinajstić information content (AvgIpc) is 3.23. The van der Waals surface area contributed by atoms with Gasteiger partial charge in [-0.2, -0.15) is 0 Å². The molecule has 0 spiro atoms. The first-order valence-corrected chi connectivity index (χ1v) is 12.1. The lowest BCUT2D eigenvalue weighted by molar-refractivity contribution is 0.0898. The second-order valence-electron chi connectivity index (χ2n) is 9.26. The molecule has 3 nitrogen and oxygen atoms in total. The summed E-state index contributed by atoms with van der Waals surface area (Å²) in [4.78, 5) is 17.7. The fraction of sp³-hybridized carbons (Fsp3) is 0.727. The van der Waals surface area contributed by atoms with Crippen molar-refractivity contribution < 1.29 is 4.79 Å². The van der Waals surface area contributed by atoms with E-state index in [1.54, 1.807) is 17.8 Å². The van der Waals surface area contributed by atoms with E-state index in [0.717, 1.165) is 34.8 Å². The lowest BCUT2D eigenvalue weighted by Gasteiger charge is -2.33. The lowest BCUT2D eigenvalue weighted by Crippen LogP contribution is -2.42. The molecule has 0 radical (unpaired) electrons. The molecule has 3 bridgehead atoms. The largest absolute Gasteiger partial charge is 0.349 e. The van der Waals surface area contributed by atoms with Crippen molar-refractivity contribution in [2.24, 2.45) is 23.7 Å². The molecule has 4 aliphatic carbocycles. The minimum absolute atomic E-state index is 0.0577. The molecule has 0 saturated heterocycles. The monoisotopic (exact) mass is 404 g/mol. The van der Waals surface area contributed by atoms with Gasteiger partial charge in [0, 0.05) is 11.3 Å². The van der Waals surface area contributed by atoms with Gasteiger partial charge in [0.15, 0.2) is 0 Å². The number of fused-ring (bicyclic) bond motifs is 2. The Hall–Kier alpha value is -0.740. The van der Waals surface area contributed by atoms with E-state index in [1.807, 2.05) is 6.07 Å². The number of aromatic nitrogens is 1. The Morgan fingerprint density at radius 2 is 1.78 bits per heavy atom. The zero-order chi connectivity index (χ0) is 18.4. The van der Waals surface area contributed by atoms with Crippen LogP contribution in [0.4, 0.5) is 0 Å². The first kappa shape index (κ1) is 18.3. The van der Waals surface area contributed by atoms with E-state index in [-0.39, 0.29) is 5.91 Å². The van der Waals surface area contributed by atoms with Gasteiger partial charge < -0.3 is 5.32 Å². The number of rotatable bonds is 4. The van der Waals surface area contributed by atoms with E-state index in [4.69, 9.17) is 11.6 Å². The zero-order valence-electron chi connectivity index (χ0n) is 15.8. The van der Waals surface area contributed by atoms with E-state index in [9.17, 15) is 4.79 Å². The predicted octanol–water partition coefficient (Wildman–Crippen LogP) is 5.71. The van der Waals surface area contributed by atoms with Crippen LogP contribution in [-0.4, -0.2) is 22.2 Å². The third-order valence-corrected chi connectivity index (χ3v) is 9.12. The molecule has 5 rings (SSSR count). The van der Waals surface area contributed by atoms with Crippen LogP contribution in [0.3, 0.4) is 0 Å². The Balaban J connectivity index is 1.32. The van der Waals surface area contributed by atoms with E-state index in [0.29, 0.717) is 22.4 Å². The van der Waals surface area contributed by atoms with Gasteiger partial charge in [-0.1, -0.05) is 24.4 Å². The summed E-state index contributed by atoms with van der Waals surface area (Å²) in [7, 11) is 0. The molecule has 0 aliphatic heterocycles. The number of carbonyl (C=O) groups is 1. The number of nitrogens with zero attached hydrogens (tertiary/aromatic N) is 1. The SMILES string of the molecule is O=C(N[C@@H]1CCC2CC3CC2CC1C3)c1ccc(Cl)nc1SC1CCCC1. The molecule has 1 aromatic rings. The maximum atomic E-state index is 13.2. The van der Waals surface area contributed by atoms with Crippen LogP contribution in [-0.2, 0) is 0 Å². The molecule has 1 aromatic heterocycles. The maximum absolute atomic E-state index is 13.2. The van der Waals surface area contributed by atoms with Crippen LogP contribution in [0.1, 0.15) is 74.6 Å². The van der Waals surface area contributed by atoms with Gasteiger partial charge in [0.25, 0.3) is 5.91 Å². The van der Waals surface area contributed by atoms with Gasteiger partial charge in [-0.15, -0.1) is 11.8 Å². The summed E-state index contributed by atoms with van der Waals surface area (Å²) in [6.45, 7) is 0. The van der Waals surface area contributed by atoms with Gasteiger partial charge in [-0.25, -0.2) is 4.98 Å². The fourth-order valence-electron chi connectivity index (χ4n) is 6.32. The highest BCUT2D eigenvalue weighted by Crippen LogP contribution is 2.53. The summed E-state index contributed by atoms with van der Waals surface area (Å²) in [5.41, 5.74) is 0.720. The van der Waals surface area contributed by atoms with Crippen LogP contribution in [0.2, 0.25) is 5.15 Å². The number of amides is 1. The smallest absolute Gasteiger partial charge is 0.254 e. The fourth-order valence-corrected chi connectivity index (χ4v) is 7.85. The van der Waals surface area contributed by atoms with Gasteiger partial charge in [-0.3, -0.25) is 4.79 Å². The molecule has 27 heavy (non-hydrogen) atoms. The van der Waals surface area contributed by atoms with Crippen molar-refractivity contribution in [1.82, 2.24) is 10.3 Å². The molecule has 146 valence electrons. The number of hydrogen-bond donors (Lipinski definition) is 1. The summed E-state index contributed by atoms with van der Waals surface area (Å²) in [5.74, 6) is 3.51. The Morgan fingerprint density at radius 3 is 2.63 bits per heavy atom. The first-order valence-electron chi connectivity index (χ1n) is 10.8. The standard InChI is InChI=1S/C22H29ClN2OS/c23-20-8-6-18(22(25-20)27-17-3-1-2-4-17)21(26)24-19-7-5-14-9-13-10-15(14)12-16(19)11-13/h6,8,13-17,19H,1-5,7,9-12H2,(H,24,26)/t13?,14?,15?,16?,19-/m1/s1. The highest BCUT2D eigenvalue weighted by Gasteiger charge is 2.45. The lowest BCUT2D eigenvalue weighted by atomic mass is 9.77. The molecular formula is C22H29ClN2OS. The molecule has 4 fully saturated rings. The molecule has 4 unspecified atom stereocenters. The maximum Gasteiger partial charge on any atom is 0.254 e.